The summed E-state index contributed by atoms with van der Waals surface area (Å²) in [5, 5.41) is 3.05. The lowest BCUT2D eigenvalue weighted by molar-refractivity contribution is -0.0227. The van der Waals surface area contributed by atoms with Gasteiger partial charge in [-0.05, 0) is 27.8 Å². The van der Waals surface area contributed by atoms with Gasteiger partial charge in [-0.1, -0.05) is 0 Å². The van der Waals surface area contributed by atoms with E-state index in [9.17, 15) is 0 Å². The Kier molecular flexibility index (Phi) is 4.29. The second-order valence-corrected chi connectivity index (χ2v) is 4.47. The van der Waals surface area contributed by atoms with E-state index in [0.717, 1.165) is 24.6 Å². The molecule has 4 heteroatoms. The third-order valence-corrected chi connectivity index (χ3v) is 1.84. The van der Waals surface area contributed by atoms with Crippen LogP contribution in [0.25, 0.3) is 0 Å². The quantitative estimate of drug-likeness (QED) is 0.807. The molecule has 1 aromatic heterocycles. The van der Waals surface area contributed by atoms with Crippen molar-refractivity contribution in [2.45, 2.75) is 39.4 Å². The Bertz CT molecular complexity index is 289. The van der Waals surface area contributed by atoms with Crippen molar-refractivity contribution in [3.63, 3.8) is 0 Å². The van der Waals surface area contributed by atoms with Gasteiger partial charge < -0.3 is 14.5 Å². The molecule has 0 atom stereocenters. The molecule has 0 spiro atoms. The fourth-order valence-electron chi connectivity index (χ4n) is 1.05. The number of ether oxygens (including phenoxy) is 1. The van der Waals surface area contributed by atoms with E-state index < -0.39 is 0 Å². The molecule has 1 rings (SSSR count). The molecular weight excluding hydrogens is 192 g/mol. The maximum Gasteiger partial charge on any atom is 0.195 e. The lowest BCUT2D eigenvalue weighted by Crippen LogP contribution is -2.18. The topological polar surface area (TPSA) is 47.3 Å². The summed E-state index contributed by atoms with van der Waals surface area (Å²) in [7, 11) is 1.91. The molecule has 86 valence electrons. The molecule has 4 nitrogen and oxygen atoms in total. The minimum atomic E-state index is -0.141. The maximum absolute atomic E-state index is 5.58. The SMILES string of the molecule is CNCCc1ncc(COC(C)(C)C)o1. The van der Waals surface area contributed by atoms with E-state index in [1.165, 1.54) is 0 Å². The zero-order chi connectivity index (χ0) is 11.3. The van der Waals surface area contributed by atoms with E-state index in [1.807, 2.05) is 27.8 Å². The van der Waals surface area contributed by atoms with Gasteiger partial charge in [-0.3, -0.25) is 0 Å². The lowest BCUT2D eigenvalue weighted by Gasteiger charge is -2.18. The molecule has 1 N–H and O–H groups in total. The molecule has 0 radical (unpaired) electrons. The van der Waals surface area contributed by atoms with E-state index >= 15 is 0 Å². The van der Waals surface area contributed by atoms with Gasteiger partial charge in [0.1, 0.15) is 12.4 Å². The molecule has 0 fully saturated rings. The largest absolute Gasteiger partial charge is 0.443 e. The van der Waals surface area contributed by atoms with Crippen LogP contribution >= 0.6 is 0 Å². The Morgan fingerprint density at radius 3 is 2.80 bits per heavy atom. The van der Waals surface area contributed by atoms with Crippen LogP contribution in [0.2, 0.25) is 0 Å². The highest BCUT2D eigenvalue weighted by Crippen LogP contribution is 2.12. The smallest absolute Gasteiger partial charge is 0.195 e. The Morgan fingerprint density at radius 1 is 1.47 bits per heavy atom. The van der Waals surface area contributed by atoms with Gasteiger partial charge in [-0.2, -0.15) is 0 Å². The monoisotopic (exact) mass is 212 g/mol. The van der Waals surface area contributed by atoms with Crippen molar-refractivity contribution in [2.75, 3.05) is 13.6 Å². The summed E-state index contributed by atoms with van der Waals surface area (Å²) >= 11 is 0. The van der Waals surface area contributed by atoms with Crippen LogP contribution in [-0.2, 0) is 17.8 Å². The molecule has 0 bridgehead atoms. The number of aromatic nitrogens is 1. The molecule has 1 aromatic rings. The lowest BCUT2D eigenvalue weighted by atomic mass is 10.2. The third-order valence-electron chi connectivity index (χ3n) is 1.84. The minimum Gasteiger partial charge on any atom is -0.443 e. The standard InChI is InChI=1S/C11H20N2O2/c1-11(2,3)14-8-9-7-13-10(15-9)5-6-12-4/h7,12H,5-6,8H2,1-4H3. The second kappa shape index (κ2) is 5.28. The Labute approximate surface area is 91.0 Å². The molecule has 0 unspecified atom stereocenters. The molecule has 0 aliphatic rings. The van der Waals surface area contributed by atoms with Gasteiger partial charge in [-0.15, -0.1) is 0 Å². The van der Waals surface area contributed by atoms with Crippen molar-refractivity contribution in [3.05, 3.63) is 17.8 Å². The summed E-state index contributed by atoms with van der Waals surface area (Å²) in [4.78, 5) is 4.17. The number of hydrogen-bond acceptors (Lipinski definition) is 4. The number of hydrogen-bond donors (Lipinski definition) is 1. The summed E-state index contributed by atoms with van der Waals surface area (Å²) in [5.74, 6) is 1.55. The fourth-order valence-corrected chi connectivity index (χ4v) is 1.05. The van der Waals surface area contributed by atoms with E-state index in [2.05, 4.69) is 10.3 Å². The van der Waals surface area contributed by atoms with Crippen LogP contribution in [0.5, 0.6) is 0 Å². The van der Waals surface area contributed by atoms with E-state index in [4.69, 9.17) is 9.15 Å². The number of likely N-dealkylation sites (N-methyl/N-ethyl adjacent to an activating group) is 1. The van der Waals surface area contributed by atoms with E-state index in [0.29, 0.717) is 6.61 Å². The maximum atomic E-state index is 5.58. The third kappa shape index (κ3) is 4.95. The fraction of sp³-hybridized carbons (Fsp3) is 0.727. The summed E-state index contributed by atoms with van der Waals surface area (Å²) in [6, 6.07) is 0. The van der Waals surface area contributed by atoms with Crippen LogP contribution in [-0.4, -0.2) is 24.2 Å². The number of nitrogens with zero attached hydrogens (tertiary/aromatic N) is 1. The van der Waals surface area contributed by atoms with Gasteiger partial charge in [0.25, 0.3) is 0 Å². The summed E-state index contributed by atoms with van der Waals surface area (Å²) in [6.45, 7) is 7.41. The van der Waals surface area contributed by atoms with Crippen LogP contribution in [0.3, 0.4) is 0 Å². The number of nitrogens with one attached hydrogen (secondary N) is 1. The van der Waals surface area contributed by atoms with Gasteiger partial charge in [0, 0.05) is 13.0 Å². The predicted molar refractivity (Wildman–Crippen MR) is 58.7 cm³/mol. The van der Waals surface area contributed by atoms with Gasteiger partial charge >= 0.3 is 0 Å². The summed E-state index contributed by atoms with van der Waals surface area (Å²) in [5.41, 5.74) is -0.141. The first kappa shape index (κ1) is 12.2. The van der Waals surface area contributed by atoms with Crippen molar-refractivity contribution in [1.29, 1.82) is 0 Å². The van der Waals surface area contributed by atoms with Crippen molar-refractivity contribution in [1.82, 2.24) is 10.3 Å². The van der Waals surface area contributed by atoms with Crippen LogP contribution in [0.4, 0.5) is 0 Å². The average Bonchev–Trinajstić information content (AvgIpc) is 2.58. The molecular formula is C11H20N2O2. The minimum absolute atomic E-state index is 0.141. The number of oxazole rings is 1. The predicted octanol–water partition coefficient (Wildman–Crippen LogP) is 1.75. The highest BCUT2D eigenvalue weighted by molar-refractivity contribution is 4.93. The Morgan fingerprint density at radius 2 is 2.20 bits per heavy atom. The summed E-state index contributed by atoms with van der Waals surface area (Å²) < 4.78 is 11.1. The van der Waals surface area contributed by atoms with Gasteiger partial charge in [0.2, 0.25) is 0 Å². The molecule has 0 aliphatic heterocycles. The average molecular weight is 212 g/mol. The van der Waals surface area contributed by atoms with Crippen molar-refractivity contribution in [3.8, 4) is 0 Å². The van der Waals surface area contributed by atoms with E-state index in [1.54, 1.807) is 6.20 Å². The van der Waals surface area contributed by atoms with Crippen LogP contribution in [0.1, 0.15) is 32.4 Å². The van der Waals surface area contributed by atoms with Crippen LogP contribution < -0.4 is 5.32 Å². The molecule has 0 amide bonds. The second-order valence-electron chi connectivity index (χ2n) is 4.47. The number of rotatable bonds is 5. The Hall–Kier alpha value is -0.870. The van der Waals surface area contributed by atoms with Crippen molar-refractivity contribution < 1.29 is 9.15 Å². The Balaban J connectivity index is 2.39. The highest BCUT2D eigenvalue weighted by atomic mass is 16.5. The molecule has 0 aromatic carbocycles. The molecule has 0 saturated heterocycles. The van der Waals surface area contributed by atoms with Gasteiger partial charge in [0.15, 0.2) is 5.89 Å². The van der Waals surface area contributed by atoms with Crippen LogP contribution in [0, 0.1) is 0 Å². The molecule has 0 aliphatic carbocycles. The molecule has 15 heavy (non-hydrogen) atoms. The normalized spacial score (nSPS) is 12.0. The zero-order valence-electron chi connectivity index (χ0n) is 9.96. The first-order valence-corrected chi connectivity index (χ1v) is 5.23. The van der Waals surface area contributed by atoms with Gasteiger partial charge in [0.05, 0.1) is 11.8 Å². The van der Waals surface area contributed by atoms with Crippen molar-refractivity contribution in [2.24, 2.45) is 0 Å². The van der Waals surface area contributed by atoms with Crippen LogP contribution in [0.15, 0.2) is 10.6 Å². The first-order valence-electron chi connectivity index (χ1n) is 5.23. The summed E-state index contributed by atoms with van der Waals surface area (Å²) in [6.07, 6.45) is 2.54. The van der Waals surface area contributed by atoms with E-state index in [-0.39, 0.29) is 5.60 Å². The zero-order valence-corrected chi connectivity index (χ0v) is 9.96. The van der Waals surface area contributed by atoms with Crippen molar-refractivity contribution >= 4 is 0 Å². The van der Waals surface area contributed by atoms with Gasteiger partial charge in [-0.25, -0.2) is 4.98 Å². The molecule has 1 heterocycles. The molecule has 0 saturated carbocycles. The highest BCUT2D eigenvalue weighted by Gasteiger charge is 2.12. The first-order chi connectivity index (χ1) is 7.01.